The molecule has 0 spiro atoms. The summed E-state index contributed by atoms with van der Waals surface area (Å²) in [6.45, 7) is 0. The number of benzene rings is 2. The summed E-state index contributed by atoms with van der Waals surface area (Å²) >= 11 is 4.86. The SMILES string of the molecule is COc1ccc(CSc2nnc(Nc3cccc(Br)c3)c(=O)n2C)cc1. The van der Waals surface area contributed by atoms with Gasteiger partial charge in [0.05, 0.1) is 7.11 Å². The van der Waals surface area contributed by atoms with Crippen LogP contribution in [0.15, 0.2) is 63.0 Å². The van der Waals surface area contributed by atoms with Crippen molar-refractivity contribution >= 4 is 39.2 Å². The average molecular weight is 433 g/mol. The topological polar surface area (TPSA) is 69.0 Å². The third-order valence-electron chi connectivity index (χ3n) is 3.64. The summed E-state index contributed by atoms with van der Waals surface area (Å²) in [6, 6.07) is 15.3. The highest BCUT2D eigenvalue weighted by Crippen LogP contribution is 2.22. The number of methoxy groups -OCH3 is 1. The second-order valence-electron chi connectivity index (χ2n) is 5.47. The lowest BCUT2D eigenvalue weighted by Crippen LogP contribution is -2.24. The van der Waals surface area contributed by atoms with Crippen molar-refractivity contribution in [3.63, 3.8) is 0 Å². The average Bonchev–Trinajstić information content (AvgIpc) is 2.65. The molecular formula is C18H17BrN4O2S. The van der Waals surface area contributed by atoms with Crippen LogP contribution >= 0.6 is 27.7 Å². The van der Waals surface area contributed by atoms with E-state index in [0.717, 1.165) is 21.5 Å². The zero-order valence-electron chi connectivity index (χ0n) is 14.3. The van der Waals surface area contributed by atoms with E-state index in [1.54, 1.807) is 14.2 Å². The summed E-state index contributed by atoms with van der Waals surface area (Å²) in [6.07, 6.45) is 0. The number of anilines is 2. The largest absolute Gasteiger partial charge is 0.497 e. The first-order chi connectivity index (χ1) is 12.6. The van der Waals surface area contributed by atoms with Gasteiger partial charge in [-0.1, -0.05) is 45.9 Å². The van der Waals surface area contributed by atoms with Gasteiger partial charge in [-0.2, -0.15) is 0 Å². The minimum Gasteiger partial charge on any atom is -0.497 e. The van der Waals surface area contributed by atoms with Gasteiger partial charge >= 0.3 is 0 Å². The van der Waals surface area contributed by atoms with Crippen LogP contribution in [0.25, 0.3) is 0 Å². The Labute approximate surface area is 163 Å². The molecule has 0 amide bonds. The molecule has 0 aliphatic heterocycles. The summed E-state index contributed by atoms with van der Waals surface area (Å²) in [5.74, 6) is 1.69. The number of nitrogens with zero attached hydrogens (tertiary/aromatic N) is 3. The summed E-state index contributed by atoms with van der Waals surface area (Å²) in [7, 11) is 3.33. The molecule has 0 saturated carbocycles. The molecule has 0 aliphatic carbocycles. The van der Waals surface area contributed by atoms with Crippen LogP contribution in [0.3, 0.4) is 0 Å². The molecule has 0 fully saturated rings. The van der Waals surface area contributed by atoms with Crippen molar-refractivity contribution in [2.75, 3.05) is 12.4 Å². The quantitative estimate of drug-likeness (QED) is 0.593. The van der Waals surface area contributed by atoms with Gasteiger partial charge in [-0.3, -0.25) is 9.36 Å². The maximum Gasteiger partial charge on any atom is 0.297 e. The molecule has 3 aromatic rings. The van der Waals surface area contributed by atoms with Crippen molar-refractivity contribution < 1.29 is 4.74 Å². The summed E-state index contributed by atoms with van der Waals surface area (Å²) in [5, 5.41) is 11.8. The van der Waals surface area contributed by atoms with Crippen LogP contribution in [-0.4, -0.2) is 21.9 Å². The summed E-state index contributed by atoms with van der Waals surface area (Å²) in [5.41, 5.74) is 1.66. The van der Waals surface area contributed by atoms with Crippen LogP contribution in [0, 0.1) is 0 Å². The third kappa shape index (κ3) is 4.44. The number of ether oxygens (including phenoxy) is 1. The van der Waals surface area contributed by atoms with Gasteiger partial charge in [0, 0.05) is 23.0 Å². The lowest BCUT2D eigenvalue weighted by molar-refractivity contribution is 0.414. The molecule has 0 saturated heterocycles. The van der Waals surface area contributed by atoms with Crippen LogP contribution in [0.2, 0.25) is 0 Å². The van der Waals surface area contributed by atoms with E-state index in [0.29, 0.717) is 10.9 Å². The first-order valence-corrected chi connectivity index (χ1v) is 9.56. The standard InChI is InChI=1S/C18H17BrN4O2S/c1-23-17(24)16(20-14-5-3-4-13(19)10-14)21-22-18(23)26-11-12-6-8-15(25-2)9-7-12/h3-10H,11H2,1-2H3,(H,20,21). The van der Waals surface area contributed by atoms with Crippen molar-refractivity contribution in [3.05, 3.63) is 68.9 Å². The van der Waals surface area contributed by atoms with E-state index in [-0.39, 0.29) is 11.4 Å². The fraction of sp³-hybridized carbons (Fsp3) is 0.167. The first kappa shape index (κ1) is 18.5. The Kier molecular flexibility index (Phi) is 5.95. The molecule has 0 atom stereocenters. The van der Waals surface area contributed by atoms with Crippen LogP contribution in [0.4, 0.5) is 11.5 Å². The van der Waals surface area contributed by atoms with Gasteiger partial charge in [0.15, 0.2) is 5.16 Å². The van der Waals surface area contributed by atoms with Crippen molar-refractivity contribution in [2.24, 2.45) is 7.05 Å². The minimum atomic E-state index is -0.225. The molecule has 1 N–H and O–H groups in total. The second-order valence-corrected chi connectivity index (χ2v) is 7.33. The zero-order chi connectivity index (χ0) is 18.5. The molecule has 134 valence electrons. The Morgan fingerprint density at radius 2 is 1.96 bits per heavy atom. The van der Waals surface area contributed by atoms with Crippen molar-refractivity contribution in [1.29, 1.82) is 0 Å². The molecule has 26 heavy (non-hydrogen) atoms. The van der Waals surface area contributed by atoms with Crippen LogP contribution in [0.1, 0.15) is 5.56 Å². The number of halogens is 1. The molecule has 6 nitrogen and oxygen atoms in total. The molecule has 0 bridgehead atoms. The maximum absolute atomic E-state index is 12.5. The van der Waals surface area contributed by atoms with Gasteiger partial charge in [0.25, 0.3) is 5.56 Å². The van der Waals surface area contributed by atoms with Crippen molar-refractivity contribution in [2.45, 2.75) is 10.9 Å². The number of hydrogen-bond donors (Lipinski definition) is 1. The normalized spacial score (nSPS) is 10.6. The van der Waals surface area contributed by atoms with Gasteiger partial charge < -0.3 is 10.1 Å². The van der Waals surface area contributed by atoms with E-state index in [1.165, 1.54) is 16.3 Å². The molecule has 1 heterocycles. The molecule has 1 aromatic heterocycles. The van der Waals surface area contributed by atoms with E-state index < -0.39 is 0 Å². The molecule has 0 radical (unpaired) electrons. The molecule has 3 rings (SSSR count). The second kappa shape index (κ2) is 8.37. The summed E-state index contributed by atoms with van der Waals surface area (Å²) in [4.78, 5) is 12.5. The lowest BCUT2D eigenvalue weighted by atomic mass is 10.2. The van der Waals surface area contributed by atoms with Crippen LogP contribution in [0.5, 0.6) is 5.75 Å². The zero-order valence-corrected chi connectivity index (χ0v) is 16.7. The molecular weight excluding hydrogens is 416 g/mol. The minimum absolute atomic E-state index is 0.194. The third-order valence-corrected chi connectivity index (χ3v) is 5.23. The van der Waals surface area contributed by atoms with Gasteiger partial charge in [-0.25, -0.2) is 0 Å². The lowest BCUT2D eigenvalue weighted by Gasteiger charge is -2.09. The highest BCUT2D eigenvalue weighted by Gasteiger charge is 2.10. The molecule has 8 heteroatoms. The predicted octanol–water partition coefficient (Wildman–Crippen LogP) is 3.98. The van der Waals surface area contributed by atoms with Gasteiger partial charge in [0.2, 0.25) is 5.82 Å². The summed E-state index contributed by atoms with van der Waals surface area (Å²) < 4.78 is 7.57. The van der Waals surface area contributed by atoms with E-state index in [2.05, 4.69) is 31.4 Å². The van der Waals surface area contributed by atoms with E-state index >= 15 is 0 Å². The predicted molar refractivity (Wildman–Crippen MR) is 107 cm³/mol. The number of aromatic nitrogens is 3. The van der Waals surface area contributed by atoms with Gasteiger partial charge in [0.1, 0.15) is 5.75 Å². The Morgan fingerprint density at radius 3 is 2.65 bits per heavy atom. The fourth-order valence-corrected chi connectivity index (χ4v) is 3.49. The maximum atomic E-state index is 12.5. The molecule has 0 aliphatic rings. The highest BCUT2D eigenvalue weighted by atomic mass is 79.9. The Balaban J connectivity index is 1.73. The number of rotatable bonds is 6. The monoisotopic (exact) mass is 432 g/mol. The Morgan fingerprint density at radius 1 is 1.19 bits per heavy atom. The number of thioether (sulfide) groups is 1. The Hall–Kier alpha value is -2.32. The smallest absolute Gasteiger partial charge is 0.297 e. The number of nitrogens with one attached hydrogen (secondary N) is 1. The van der Waals surface area contributed by atoms with E-state index in [4.69, 9.17) is 4.74 Å². The number of hydrogen-bond acceptors (Lipinski definition) is 6. The molecule has 0 unspecified atom stereocenters. The highest BCUT2D eigenvalue weighted by molar-refractivity contribution is 9.10. The Bertz CT molecular complexity index is 960. The fourth-order valence-electron chi connectivity index (χ4n) is 2.23. The van der Waals surface area contributed by atoms with Crippen molar-refractivity contribution in [3.8, 4) is 5.75 Å². The van der Waals surface area contributed by atoms with Crippen LogP contribution < -0.4 is 15.6 Å². The van der Waals surface area contributed by atoms with Gasteiger partial charge in [-0.05, 0) is 35.9 Å². The van der Waals surface area contributed by atoms with E-state index in [9.17, 15) is 4.79 Å². The molecule has 2 aromatic carbocycles. The first-order valence-electron chi connectivity index (χ1n) is 7.79. The van der Waals surface area contributed by atoms with Crippen molar-refractivity contribution in [1.82, 2.24) is 14.8 Å². The van der Waals surface area contributed by atoms with Gasteiger partial charge in [-0.15, -0.1) is 10.2 Å². The van der Waals surface area contributed by atoms with Crippen LogP contribution in [-0.2, 0) is 12.8 Å². The van der Waals surface area contributed by atoms with E-state index in [1.807, 2.05) is 48.5 Å².